The average molecular weight is 408 g/mol. The Morgan fingerprint density at radius 2 is 2.04 bits per heavy atom. The molecule has 0 unspecified atom stereocenters. The molecule has 0 aliphatic rings. The van der Waals surface area contributed by atoms with Crippen LogP contribution in [0.3, 0.4) is 0 Å². The zero-order valence-corrected chi connectivity index (χ0v) is 15.8. The lowest BCUT2D eigenvalue weighted by molar-refractivity contribution is 0.0697. The maximum atomic E-state index is 11.0. The number of halogens is 1. The molecule has 140 valence electrons. The van der Waals surface area contributed by atoms with E-state index >= 15 is 0 Å². The van der Waals surface area contributed by atoms with Crippen molar-refractivity contribution >= 4 is 45.0 Å². The second-order valence-corrected chi connectivity index (χ2v) is 6.70. The van der Waals surface area contributed by atoms with Gasteiger partial charge < -0.3 is 10.8 Å². The Hall–Kier alpha value is -3.11. The minimum Gasteiger partial charge on any atom is -0.478 e. The highest BCUT2D eigenvalue weighted by Crippen LogP contribution is 2.34. The summed E-state index contributed by atoms with van der Waals surface area (Å²) in [7, 11) is 1.18. The number of carbonyl (C=O) groups excluding carboxylic acids is 1. The predicted molar refractivity (Wildman–Crippen MR) is 103 cm³/mol. The predicted octanol–water partition coefficient (Wildman–Crippen LogP) is 3.70. The molecule has 3 rings (SSSR count). The number of fused-ring (bicyclic) bond motifs is 1. The van der Waals surface area contributed by atoms with E-state index in [4.69, 9.17) is 16.7 Å². The highest BCUT2D eigenvalue weighted by atomic mass is 35.5. The van der Waals surface area contributed by atoms with Crippen molar-refractivity contribution in [3.63, 3.8) is 0 Å². The highest BCUT2D eigenvalue weighted by molar-refractivity contribution is 7.22. The Morgan fingerprint density at radius 3 is 2.59 bits per heavy atom. The van der Waals surface area contributed by atoms with Gasteiger partial charge in [-0.2, -0.15) is 5.01 Å². The number of primary amides is 1. The first-order chi connectivity index (χ1) is 12.7. The number of carbonyl (C=O) groups is 2. The molecule has 9 nitrogen and oxygen atoms in total. The fourth-order valence-electron chi connectivity index (χ4n) is 1.99. The maximum Gasteiger partial charge on any atom is 0.337 e. The molecule has 3 aromatic rings. The van der Waals surface area contributed by atoms with Crippen molar-refractivity contribution in [2.24, 2.45) is 11.0 Å². The van der Waals surface area contributed by atoms with Crippen LogP contribution in [-0.4, -0.2) is 39.1 Å². The summed E-state index contributed by atoms with van der Waals surface area (Å²) in [5, 5.41) is 12.9. The number of nitrogens with zero attached hydrogens (tertiary/aromatic N) is 4. The number of aromatic carboxylic acids is 1. The summed E-state index contributed by atoms with van der Waals surface area (Å²) in [5.74, 6) is -0.928. The SMILES string of the molecule is CN(N=O)C(N)=O.Cc1cnc(Cl)nc1-c1cc2ccc(C(=O)O)cc2s1. The lowest BCUT2D eigenvalue weighted by atomic mass is 10.1. The van der Waals surface area contributed by atoms with Crippen LogP contribution < -0.4 is 5.73 Å². The molecule has 2 aromatic heterocycles. The largest absolute Gasteiger partial charge is 0.478 e. The second-order valence-electron chi connectivity index (χ2n) is 5.28. The Kier molecular flexibility index (Phi) is 6.37. The molecule has 2 heterocycles. The zero-order chi connectivity index (χ0) is 20.1. The van der Waals surface area contributed by atoms with Gasteiger partial charge in [0, 0.05) is 17.9 Å². The monoisotopic (exact) mass is 407 g/mol. The van der Waals surface area contributed by atoms with Crippen molar-refractivity contribution in [3.05, 3.63) is 51.8 Å². The van der Waals surface area contributed by atoms with E-state index in [0.29, 0.717) is 5.01 Å². The van der Waals surface area contributed by atoms with Crippen LogP contribution in [0.25, 0.3) is 20.7 Å². The summed E-state index contributed by atoms with van der Waals surface area (Å²) in [5.41, 5.74) is 6.53. The number of carboxylic acids is 1. The topological polar surface area (TPSA) is 139 Å². The summed E-state index contributed by atoms with van der Waals surface area (Å²) in [4.78, 5) is 39.2. The number of aryl methyl sites for hydroxylation is 1. The van der Waals surface area contributed by atoms with Crippen molar-refractivity contribution in [2.45, 2.75) is 6.92 Å². The van der Waals surface area contributed by atoms with E-state index in [1.54, 1.807) is 24.4 Å². The Morgan fingerprint density at radius 1 is 1.33 bits per heavy atom. The lowest BCUT2D eigenvalue weighted by Crippen LogP contribution is -2.26. The third kappa shape index (κ3) is 4.96. The molecule has 0 aliphatic heterocycles. The normalized spacial score (nSPS) is 10.0. The third-order valence-corrected chi connectivity index (χ3v) is 4.67. The van der Waals surface area contributed by atoms with Gasteiger partial charge in [0.1, 0.15) is 0 Å². The summed E-state index contributed by atoms with van der Waals surface area (Å²) < 4.78 is 0.911. The van der Waals surface area contributed by atoms with Gasteiger partial charge in [-0.05, 0) is 47.7 Å². The van der Waals surface area contributed by atoms with Gasteiger partial charge in [-0.1, -0.05) is 6.07 Å². The molecule has 0 aliphatic carbocycles. The van der Waals surface area contributed by atoms with E-state index in [-0.39, 0.29) is 10.8 Å². The van der Waals surface area contributed by atoms with Crippen LogP contribution in [0, 0.1) is 11.8 Å². The van der Waals surface area contributed by atoms with Crippen LogP contribution in [0.15, 0.2) is 35.7 Å². The number of rotatable bonds is 3. The van der Waals surface area contributed by atoms with Gasteiger partial charge in [-0.25, -0.2) is 19.6 Å². The molecule has 0 atom stereocenters. The first-order valence-electron chi connectivity index (χ1n) is 7.35. The van der Waals surface area contributed by atoms with Gasteiger partial charge in [0.05, 0.1) is 21.4 Å². The zero-order valence-electron chi connectivity index (χ0n) is 14.2. The first-order valence-corrected chi connectivity index (χ1v) is 8.55. The van der Waals surface area contributed by atoms with E-state index in [0.717, 1.165) is 26.2 Å². The van der Waals surface area contributed by atoms with Crippen molar-refractivity contribution in [1.82, 2.24) is 15.0 Å². The number of nitrogens with two attached hydrogens (primary N) is 1. The number of thiophene rings is 1. The molecular formula is C16H14ClN5O4S. The van der Waals surface area contributed by atoms with E-state index in [2.05, 4.69) is 21.0 Å². The van der Waals surface area contributed by atoms with Crippen LogP contribution in [0.4, 0.5) is 4.79 Å². The summed E-state index contributed by atoms with van der Waals surface area (Å²) in [6.45, 7) is 1.92. The molecule has 0 spiro atoms. The number of nitroso groups, excluding NO2 is 1. The lowest BCUT2D eigenvalue weighted by Gasteiger charge is -2.00. The minimum absolute atomic E-state index is 0.203. The fraction of sp³-hybridized carbons (Fsp3) is 0.125. The van der Waals surface area contributed by atoms with Gasteiger partial charge in [-0.3, -0.25) is 0 Å². The van der Waals surface area contributed by atoms with E-state index < -0.39 is 12.0 Å². The van der Waals surface area contributed by atoms with Gasteiger partial charge >= 0.3 is 12.0 Å². The molecule has 27 heavy (non-hydrogen) atoms. The van der Waals surface area contributed by atoms with Crippen LogP contribution >= 0.6 is 22.9 Å². The van der Waals surface area contributed by atoms with Crippen molar-refractivity contribution in [2.75, 3.05) is 7.05 Å². The quantitative estimate of drug-likeness (QED) is 0.385. The smallest absolute Gasteiger partial charge is 0.337 e. The minimum atomic E-state index is -0.928. The number of hydrogen-bond donors (Lipinski definition) is 2. The molecule has 0 fully saturated rings. The molecule has 11 heteroatoms. The second kappa shape index (κ2) is 8.52. The number of benzene rings is 1. The van der Waals surface area contributed by atoms with Crippen LogP contribution in [-0.2, 0) is 0 Å². The van der Waals surface area contributed by atoms with E-state index in [9.17, 15) is 14.5 Å². The molecule has 0 saturated carbocycles. The number of urea groups is 1. The molecule has 1 aromatic carbocycles. The van der Waals surface area contributed by atoms with Gasteiger partial charge in [0.25, 0.3) is 0 Å². The number of carboxylic acid groups (broad SMARTS) is 1. The highest BCUT2D eigenvalue weighted by Gasteiger charge is 2.11. The molecule has 0 radical (unpaired) electrons. The van der Waals surface area contributed by atoms with Crippen LogP contribution in [0.5, 0.6) is 0 Å². The Balaban J connectivity index is 0.000000321. The number of hydrogen-bond acceptors (Lipinski definition) is 7. The van der Waals surface area contributed by atoms with Crippen LogP contribution in [0.1, 0.15) is 15.9 Å². The maximum absolute atomic E-state index is 11.0. The van der Waals surface area contributed by atoms with E-state index in [1.165, 1.54) is 18.4 Å². The third-order valence-electron chi connectivity index (χ3n) is 3.38. The van der Waals surface area contributed by atoms with Gasteiger partial charge in [-0.15, -0.1) is 16.2 Å². The Labute approximate surface area is 162 Å². The van der Waals surface area contributed by atoms with Gasteiger partial charge in [0.2, 0.25) is 5.28 Å². The Bertz CT molecular complexity index is 1020. The van der Waals surface area contributed by atoms with E-state index in [1.807, 2.05) is 13.0 Å². The average Bonchev–Trinajstić information content (AvgIpc) is 3.06. The fourth-order valence-corrected chi connectivity index (χ4v) is 3.28. The number of amides is 2. The van der Waals surface area contributed by atoms with Crippen LogP contribution in [0.2, 0.25) is 5.28 Å². The summed E-state index contributed by atoms with van der Waals surface area (Å²) in [6, 6.07) is 6.20. The molecular weight excluding hydrogens is 394 g/mol. The van der Waals surface area contributed by atoms with Crippen molar-refractivity contribution < 1.29 is 14.7 Å². The first kappa shape index (κ1) is 20.2. The number of aromatic nitrogens is 2. The molecule has 0 bridgehead atoms. The molecule has 0 saturated heterocycles. The van der Waals surface area contributed by atoms with Gasteiger partial charge in [0.15, 0.2) is 0 Å². The summed E-state index contributed by atoms with van der Waals surface area (Å²) >= 11 is 7.33. The van der Waals surface area contributed by atoms with Crippen molar-refractivity contribution in [1.29, 1.82) is 0 Å². The summed E-state index contributed by atoms with van der Waals surface area (Å²) in [6.07, 6.45) is 1.68. The standard InChI is InChI=1S/C14H9ClN2O2S.C2H5N3O2/c1-7-6-16-14(15)17-12(7)11-4-8-2-3-9(13(18)19)5-10(8)20-11;1-5(4-7)2(3)6/h2-6H,1H3,(H,18,19);1H3,(H2,3,6). The van der Waals surface area contributed by atoms with Crippen molar-refractivity contribution in [3.8, 4) is 10.6 Å². The molecule has 3 N–H and O–H groups in total. The molecule has 2 amide bonds.